The second-order valence-corrected chi connectivity index (χ2v) is 6.53. The van der Waals surface area contributed by atoms with Crippen molar-refractivity contribution in [1.29, 1.82) is 0 Å². The zero-order valence-corrected chi connectivity index (χ0v) is 16.0. The Morgan fingerprint density at radius 3 is 2.75 bits per heavy atom. The van der Waals surface area contributed by atoms with Crippen LogP contribution in [0, 0.1) is 17.0 Å². The lowest BCUT2D eigenvalue weighted by Gasteiger charge is -2.08. The molecule has 10 heteroatoms. The molecule has 0 fully saturated rings. The fourth-order valence-corrected chi connectivity index (χ4v) is 2.75. The number of non-ortho nitro benzene ring substituents is 1. The van der Waals surface area contributed by atoms with Crippen molar-refractivity contribution in [3.05, 3.63) is 79.6 Å². The van der Waals surface area contributed by atoms with E-state index in [2.05, 4.69) is 10.5 Å². The SMILES string of the molecule is Cc1onc(C(=O)Nc2ccc([N+](=O)[O-])cc2Cl)c1COc1cccc(Cl)c1. The van der Waals surface area contributed by atoms with Gasteiger partial charge in [-0.2, -0.15) is 0 Å². The van der Waals surface area contributed by atoms with E-state index in [0.29, 0.717) is 22.1 Å². The highest BCUT2D eigenvalue weighted by Crippen LogP contribution is 2.28. The van der Waals surface area contributed by atoms with Crippen molar-refractivity contribution in [2.24, 2.45) is 0 Å². The van der Waals surface area contributed by atoms with Gasteiger partial charge in [-0.3, -0.25) is 14.9 Å². The number of aryl methyl sites for hydroxylation is 1. The Bertz CT molecular complexity index is 1050. The highest BCUT2D eigenvalue weighted by atomic mass is 35.5. The third-order valence-electron chi connectivity index (χ3n) is 3.79. The number of anilines is 1. The molecule has 0 unspecified atom stereocenters. The molecule has 0 atom stereocenters. The number of nitrogens with one attached hydrogen (secondary N) is 1. The maximum Gasteiger partial charge on any atom is 0.278 e. The van der Waals surface area contributed by atoms with Gasteiger partial charge in [-0.1, -0.05) is 34.4 Å². The van der Waals surface area contributed by atoms with Gasteiger partial charge in [-0.15, -0.1) is 0 Å². The van der Waals surface area contributed by atoms with Crippen molar-refractivity contribution in [3.63, 3.8) is 0 Å². The average Bonchev–Trinajstić information content (AvgIpc) is 3.02. The molecule has 1 heterocycles. The molecular formula is C18H13Cl2N3O5. The molecule has 1 amide bonds. The monoisotopic (exact) mass is 421 g/mol. The van der Waals surface area contributed by atoms with Crippen molar-refractivity contribution in [1.82, 2.24) is 5.16 Å². The Balaban J connectivity index is 1.77. The van der Waals surface area contributed by atoms with Crippen LogP contribution in [0.5, 0.6) is 5.75 Å². The van der Waals surface area contributed by atoms with Crippen LogP contribution in [-0.2, 0) is 6.61 Å². The number of ether oxygens (including phenoxy) is 1. The fraction of sp³-hybridized carbons (Fsp3) is 0.111. The first-order valence-electron chi connectivity index (χ1n) is 7.94. The molecule has 8 nitrogen and oxygen atoms in total. The number of hydrogen-bond donors (Lipinski definition) is 1. The molecule has 2 aromatic carbocycles. The summed E-state index contributed by atoms with van der Waals surface area (Å²) in [6, 6.07) is 10.5. The molecule has 0 aliphatic heterocycles. The summed E-state index contributed by atoms with van der Waals surface area (Å²) >= 11 is 11.9. The van der Waals surface area contributed by atoms with E-state index < -0.39 is 10.8 Å². The highest BCUT2D eigenvalue weighted by Gasteiger charge is 2.22. The molecule has 28 heavy (non-hydrogen) atoms. The Hall–Kier alpha value is -3.10. The predicted molar refractivity (Wildman–Crippen MR) is 103 cm³/mol. The molecular weight excluding hydrogens is 409 g/mol. The summed E-state index contributed by atoms with van der Waals surface area (Å²) in [6.45, 7) is 1.69. The van der Waals surface area contributed by atoms with E-state index in [9.17, 15) is 14.9 Å². The maximum absolute atomic E-state index is 12.6. The van der Waals surface area contributed by atoms with Crippen molar-refractivity contribution in [2.45, 2.75) is 13.5 Å². The van der Waals surface area contributed by atoms with Gasteiger partial charge < -0.3 is 14.6 Å². The number of halogens is 2. The van der Waals surface area contributed by atoms with Gasteiger partial charge in [0.2, 0.25) is 0 Å². The largest absolute Gasteiger partial charge is 0.489 e. The van der Waals surface area contributed by atoms with Crippen LogP contribution in [0.15, 0.2) is 47.0 Å². The second kappa shape index (κ2) is 8.28. The van der Waals surface area contributed by atoms with Gasteiger partial charge in [0.05, 0.1) is 21.2 Å². The first kappa shape index (κ1) is 19.7. The third kappa shape index (κ3) is 4.41. The van der Waals surface area contributed by atoms with Crippen LogP contribution in [0.4, 0.5) is 11.4 Å². The lowest BCUT2D eigenvalue weighted by atomic mass is 10.2. The molecule has 0 radical (unpaired) electrons. The normalized spacial score (nSPS) is 10.5. The molecule has 0 bridgehead atoms. The van der Waals surface area contributed by atoms with Gasteiger partial charge in [-0.05, 0) is 31.2 Å². The quantitative estimate of drug-likeness (QED) is 0.441. The molecule has 0 aliphatic rings. The molecule has 1 N–H and O–H groups in total. The topological polar surface area (TPSA) is 108 Å². The van der Waals surface area contributed by atoms with Gasteiger partial charge in [0.25, 0.3) is 11.6 Å². The summed E-state index contributed by atoms with van der Waals surface area (Å²) in [5.41, 5.74) is 0.500. The van der Waals surface area contributed by atoms with Gasteiger partial charge in [-0.25, -0.2) is 0 Å². The minimum absolute atomic E-state index is 0.0222. The summed E-state index contributed by atoms with van der Waals surface area (Å²) in [5, 5.41) is 17.7. The number of nitrogens with zero attached hydrogens (tertiary/aromatic N) is 2. The number of amides is 1. The van der Waals surface area contributed by atoms with Gasteiger partial charge in [0.15, 0.2) is 5.69 Å². The van der Waals surface area contributed by atoms with Crippen LogP contribution in [0.1, 0.15) is 21.8 Å². The number of hydrogen-bond acceptors (Lipinski definition) is 6. The second-order valence-electron chi connectivity index (χ2n) is 5.69. The summed E-state index contributed by atoms with van der Waals surface area (Å²) in [4.78, 5) is 22.8. The summed E-state index contributed by atoms with van der Waals surface area (Å²) < 4.78 is 10.8. The van der Waals surface area contributed by atoms with E-state index in [1.165, 1.54) is 12.1 Å². The molecule has 3 rings (SSSR count). The van der Waals surface area contributed by atoms with Gasteiger partial charge >= 0.3 is 0 Å². The zero-order chi connectivity index (χ0) is 20.3. The maximum atomic E-state index is 12.6. The molecule has 0 saturated carbocycles. The van der Waals surface area contributed by atoms with Gasteiger partial charge in [0, 0.05) is 17.2 Å². The average molecular weight is 422 g/mol. The number of nitro groups is 1. The van der Waals surface area contributed by atoms with E-state index in [0.717, 1.165) is 6.07 Å². The molecule has 1 aromatic heterocycles. The third-order valence-corrected chi connectivity index (χ3v) is 4.34. The Kier molecular flexibility index (Phi) is 5.81. The number of nitro benzene ring substituents is 1. The standard InChI is InChI=1S/C18H13Cl2N3O5/c1-10-14(9-27-13-4-2-3-11(19)7-13)17(22-28-10)18(24)21-16-6-5-12(23(25)26)8-15(16)20/h2-8H,9H2,1H3,(H,21,24). The minimum atomic E-state index is -0.586. The molecule has 0 saturated heterocycles. The van der Waals surface area contributed by atoms with E-state index >= 15 is 0 Å². The molecule has 3 aromatic rings. The number of aromatic nitrogens is 1. The number of carbonyl (C=O) groups is 1. The Morgan fingerprint density at radius 1 is 1.29 bits per heavy atom. The Morgan fingerprint density at radius 2 is 2.07 bits per heavy atom. The van der Waals surface area contributed by atoms with E-state index in [1.807, 2.05) is 0 Å². The highest BCUT2D eigenvalue weighted by molar-refractivity contribution is 6.34. The predicted octanol–water partition coefficient (Wildman–Crippen LogP) is 5.03. The number of rotatable bonds is 6. The summed E-state index contributed by atoms with van der Waals surface area (Å²) in [7, 11) is 0. The Labute approximate surface area is 169 Å². The van der Waals surface area contributed by atoms with Crippen molar-refractivity contribution < 1.29 is 19.0 Å². The van der Waals surface area contributed by atoms with Crippen LogP contribution in [0.3, 0.4) is 0 Å². The van der Waals surface area contributed by atoms with Crippen molar-refractivity contribution in [2.75, 3.05) is 5.32 Å². The van der Waals surface area contributed by atoms with Crippen LogP contribution in [0.25, 0.3) is 0 Å². The first-order chi connectivity index (χ1) is 13.3. The van der Waals surface area contributed by atoms with Crippen molar-refractivity contribution in [3.8, 4) is 5.75 Å². The van der Waals surface area contributed by atoms with Gasteiger partial charge in [0.1, 0.15) is 18.1 Å². The number of carbonyl (C=O) groups excluding carboxylic acids is 1. The zero-order valence-electron chi connectivity index (χ0n) is 14.4. The smallest absolute Gasteiger partial charge is 0.278 e. The fourth-order valence-electron chi connectivity index (χ4n) is 2.35. The summed E-state index contributed by atoms with van der Waals surface area (Å²) in [5.74, 6) is 0.358. The van der Waals surface area contributed by atoms with Crippen LogP contribution in [0.2, 0.25) is 10.0 Å². The lowest BCUT2D eigenvalue weighted by molar-refractivity contribution is -0.384. The minimum Gasteiger partial charge on any atom is -0.489 e. The summed E-state index contributed by atoms with van der Waals surface area (Å²) in [6.07, 6.45) is 0. The van der Waals surface area contributed by atoms with Crippen LogP contribution in [-0.4, -0.2) is 16.0 Å². The molecule has 0 spiro atoms. The van der Waals surface area contributed by atoms with Crippen LogP contribution < -0.4 is 10.1 Å². The van der Waals surface area contributed by atoms with Crippen LogP contribution >= 0.6 is 23.2 Å². The first-order valence-corrected chi connectivity index (χ1v) is 8.69. The van der Waals surface area contributed by atoms with E-state index in [4.69, 9.17) is 32.5 Å². The molecule has 144 valence electrons. The van der Waals surface area contributed by atoms with E-state index in [-0.39, 0.29) is 28.7 Å². The van der Waals surface area contributed by atoms with Crippen molar-refractivity contribution >= 4 is 40.5 Å². The van der Waals surface area contributed by atoms with E-state index in [1.54, 1.807) is 31.2 Å². The lowest BCUT2D eigenvalue weighted by Crippen LogP contribution is -2.15. The molecule has 0 aliphatic carbocycles. The number of benzene rings is 2.